The molecule has 0 saturated carbocycles. The third-order valence-electron chi connectivity index (χ3n) is 2.64. The highest BCUT2D eigenvalue weighted by Gasteiger charge is 2.21. The van der Waals surface area contributed by atoms with Crippen LogP contribution in [0.3, 0.4) is 0 Å². The molecule has 0 bridgehead atoms. The number of ether oxygens (including phenoxy) is 1. The molecule has 0 saturated heterocycles. The Balaban J connectivity index is 2.99. The lowest BCUT2D eigenvalue weighted by atomic mass is 10.1. The van der Waals surface area contributed by atoms with E-state index in [-0.39, 0.29) is 18.2 Å². The van der Waals surface area contributed by atoms with Gasteiger partial charge in [0.05, 0.1) is 18.0 Å². The molecule has 0 spiro atoms. The number of hydrogen-bond donors (Lipinski definition) is 2. The lowest BCUT2D eigenvalue weighted by Gasteiger charge is -2.21. The molecule has 7 heteroatoms. The Hall–Kier alpha value is -1.60. The fourth-order valence-corrected chi connectivity index (χ4v) is 2.63. The molecule has 0 fully saturated rings. The molecule has 0 amide bonds. The van der Waals surface area contributed by atoms with Gasteiger partial charge in [0.25, 0.3) is 0 Å². The lowest BCUT2D eigenvalue weighted by molar-refractivity contribution is 0.163. The van der Waals surface area contributed by atoms with Gasteiger partial charge in [0.2, 0.25) is 10.0 Å². The van der Waals surface area contributed by atoms with Crippen LogP contribution in [0.25, 0.3) is 0 Å². The summed E-state index contributed by atoms with van der Waals surface area (Å²) in [7, 11) is -2.04. The van der Waals surface area contributed by atoms with Crippen LogP contribution in [-0.2, 0) is 14.8 Å². The summed E-state index contributed by atoms with van der Waals surface area (Å²) in [5.41, 5.74) is 6.24. The third-order valence-corrected chi connectivity index (χ3v) is 4.35. The van der Waals surface area contributed by atoms with Crippen LogP contribution in [0.2, 0.25) is 0 Å². The molecule has 0 aromatic heterocycles. The number of nitrogens with zero attached hydrogens (tertiary/aromatic N) is 1. The van der Waals surface area contributed by atoms with Gasteiger partial charge in [0.1, 0.15) is 5.84 Å². The number of para-hydroxylation sites is 1. The summed E-state index contributed by atoms with van der Waals surface area (Å²) in [4.78, 5) is 0. The molecule has 1 rings (SSSR count). The monoisotopic (exact) mass is 285 g/mol. The van der Waals surface area contributed by atoms with Crippen LogP contribution in [0.15, 0.2) is 24.3 Å². The van der Waals surface area contributed by atoms with Gasteiger partial charge in [0, 0.05) is 19.2 Å². The molecular weight excluding hydrogens is 266 g/mol. The number of anilines is 1. The standard InChI is InChI=1S/C12H19N3O3S/c1-3-18-8-9-19(16,17)15(2)11-7-5-4-6-10(11)12(13)14/h4-7H,3,8-9H2,1-2H3,(H3,13,14). The summed E-state index contributed by atoms with van der Waals surface area (Å²) in [6, 6.07) is 6.65. The van der Waals surface area contributed by atoms with E-state index in [1.807, 2.05) is 0 Å². The number of nitrogens with one attached hydrogen (secondary N) is 1. The first kappa shape index (κ1) is 15.5. The maximum absolute atomic E-state index is 12.1. The fraction of sp³-hybridized carbons (Fsp3) is 0.417. The molecule has 0 radical (unpaired) electrons. The topological polar surface area (TPSA) is 96.5 Å². The van der Waals surface area contributed by atoms with Gasteiger partial charge in [0.15, 0.2) is 0 Å². The van der Waals surface area contributed by atoms with Gasteiger partial charge in [-0.3, -0.25) is 9.71 Å². The molecular formula is C12H19N3O3S. The fourth-order valence-electron chi connectivity index (χ4n) is 1.57. The second kappa shape index (κ2) is 6.53. The zero-order chi connectivity index (χ0) is 14.5. The Morgan fingerprint density at radius 1 is 1.42 bits per heavy atom. The van der Waals surface area contributed by atoms with Crippen molar-refractivity contribution in [2.45, 2.75) is 6.92 Å². The number of nitrogens with two attached hydrogens (primary N) is 1. The molecule has 0 aliphatic heterocycles. The first-order valence-corrected chi connectivity index (χ1v) is 7.49. The van der Waals surface area contributed by atoms with E-state index in [0.717, 1.165) is 4.31 Å². The van der Waals surface area contributed by atoms with E-state index >= 15 is 0 Å². The zero-order valence-electron chi connectivity index (χ0n) is 11.1. The molecule has 6 nitrogen and oxygen atoms in total. The molecule has 19 heavy (non-hydrogen) atoms. The Morgan fingerprint density at radius 3 is 2.63 bits per heavy atom. The first-order valence-electron chi connectivity index (χ1n) is 5.88. The Kier molecular flexibility index (Phi) is 5.31. The van der Waals surface area contributed by atoms with E-state index < -0.39 is 10.0 Å². The van der Waals surface area contributed by atoms with Crippen molar-refractivity contribution in [3.05, 3.63) is 29.8 Å². The second-order valence-corrected chi connectivity index (χ2v) is 6.03. The molecule has 1 aromatic rings. The molecule has 0 aliphatic carbocycles. The predicted molar refractivity (Wildman–Crippen MR) is 76.1 cm³/mol. The number of benzene rings is 1. The van der Waals surface area contributed by atoms with Gasteiger partial charge in [-0.2, -0.15) is 0 Å². The maximum Gasteiger partial charge on any atom is 0.237 e. The van der Waals surface area contributed by atoms with Gasteiger partial charge < -0.3 is 10.5 Å². The quantitative estimate of drug-likeness (QED) is 0.439. The zero-order valence-corrected chi connectivity index (χ0v) is 11.9. The number of nitrogen functional groups attached to an aromatic ring is 1. The minimum absolute atomic E-state index is 0.108. The summed E-state index contributed by atoms with van der Waals surface area (Å²) in [5.74, 6) is -0.272. The molecule has 0 aliphatic rings. The summed E-state index contributed by atoms with van der Waals surface area (Å²) < 4.78 is 30.4. The van der Waals surface area contributed by atoms with Gasteiger partial charge in [-0.05, 0) is 19.1 Å². The van der Waals surface area contributed by atoms with E-state index in [9.17, 15) is 8.42 Å². The summed E-state index contributed by atoms with van der Waals surface area (Å²) in [6.07, 6.45) is 0. The molecule has 106 valence electrons. The van der Waals surface area contributed by atoms with Crippen molar-refractivity contribution in [2.75, 3.05) is 30.3 Å². The Morgan fingerprint density at radius 2 is 2.05 bits per heavy atom. The number of rotatable bonds is 7. The largest absolute Gasteiger partial charge is 0.384 e. The van der Waals surface area contributed by atoms with Crippen molar-refractivity contribution < 1.29 is 13.2 Å². The van der Waals surface area contributed by atoms with Gasteiger partial charge in [-0.1, -0.05) is 12.1 Å². The van der Waals surface area contributed by atoms with Gasteiger partial charge in [-0.25, -0.2) is 8.42 Å². The lowest BCUT2D eigenvalue weighted by Crippen LogP contribution is -2.32. The van der Waals surface area contributed by atoms with Crippen LogP contribution in [0, 0.1) is 5.41 Å². The summed E-state index contributed by atoms with van der Waals surface area (Å²) in [6.45, 7) is 2.43. The van der Waals surface area contributed by atoms with E-state index in [1.54, 1.807) is 31.2 Å². The third kappa shape index (κ3) is 3.93. The Bertz CT molecular complexity index is 543. The average molecular weight is 285 g/mol. The smallest absolute Gasteiger partial charge is 0.237 e. The van der Waals surface area contributed by atoms with E-state index in [4.69, 9.17) is 15.9 Å². The number of amidine groups is 1. The normalized spacial score (nSPS) is 11.3. The van der Waals surface area contributed by atoms with Crippen LogP contribution in [0.1, 0.15) is 12.5 Å². The molecule has 1 aromatic carbocycles. The van der Waals surface area contributed by atoms with Crippen LogP contribution in [0.5, 0.6) is 0 Å². The van der Waals surface area contributed by atoms with Crippen molar-refractivity contribution in [2.24, 2.45) is 5.73 Å². The van der Waals surface area contributed by atoms with Crippen molar-refractivity contribution in [1.82, 2.24) is 0 Å². The van der Waals surface area contributed by atoms with Crippen molar-refractivity contribution in [1.29, 1.82) is 5.41 Å². The summed E-state index contributed by atoms with van der Waals surface area (Å²) >= 11 is 0. The van der Waals surface area contributed by atoms with Crippen molar-refractivity contribution in [3.8, 4) is 0 Å². The molecule has 3 N–H and O–H groups in total. The number of hydrogen-bond acceptors (Lipinski definition) is 4. The molecule has 0 heterocycles. The predicted octanol–water partition coefficient (Wildman–Crippen LogP) is 0.773. The minimum Gasteiger partial charge on any atom is -0.384 e. The van der Waals surface area contributed by atoms with Gasteiger partial charge in [-0.15, -0.1) is 0 Å². The van der Waals surface area contributed by atoms with Crippen LogP contribution in [-0.4, -0.2) is 40.3 Å². The van der Waals surface area contributed by atoms with Crippen LogP contribution < -0.4 is 10.0 Å². The highest BCUT2D eigenvalue weighted by molar-refractivity contribution is 7.92. The van der Waals surface area contributed by atoms with Crippen LogP contribution in [0.4, 0.5) is 5.69 Å². The first-order chi connectivity index (χ1) is 8.90. The maximum atomic E-state index is 12.1. The molecule has 0 unspecified atom stereocenters. The highest BCUT2D eigenvalue weighted by atomic mass is 32.2. The van der Waals surface area contributed by atoms with Gasteiger partial charge >= 0.3 is 0 Å². The van der Waals surface area contributed by atoms with E-state index in [2.05, 4.69) is 0 Å². The van der Waals surface area contributed by atoms with E-state index in [0.29, 0.717) is 17.9 Å². The average Bonchev–Trinajstić information content (AvgIpc) is 2.38. The van der Waals surface area contributed by atoms with Crippen molar-refractivity contribution in [3.63, 3.8) is 0 Å². The Labute approximate surface area is 113 Å². The van der Waals surface area contributed by atoms with E-state index in [1.165, 1.54) is 7.05 Å². The second-order valence-electron chi connectivity index (χ2n) is 3.91. The summed E-state index contributed by atoms with van der Waals surface area (Å²) in [5, 5.41) is 7.47. The SMILES string of the molecule is CCOCCS(=O)(=O)N(C)c1ccccc1C(=N)N. The number of sulfonamides is 1. The minimum atomic E-state index is -3.49. The molecule has 0 atom stereocenters. The van der Waals surface area contributed by atoms with Crippen LogP contribution >= 0.6 is 0 Å². The highest BCUT2D eigenvalue weighted by Crippen LogP contribution is 2.21. The van der Waals surface area contributed by atoms with Crippen molar-refractivity contribution >= 4 is 21.5 Å².